The van der Waals surface area contributed by atoms with Gasteiger partial charge in [-0.15, -0.1) is 0 Å². The third kappa shape index (κ3) is 2.85. The zero-order chi connectivity index (χ0) is 13.9. The SMILES string of the molecule is CC[C@H](C)NC(=O)c1noc(C(C)C)c1[N+](=O)[O-]. The number of aromatic nitrogens is 1. The quantitative estimate of drug-likeness (QED) is 0.642. The molecule has 0 fully saturated rings. The molecule has 7 heteroatoms. The van der Waals surface area contributed by atoms with Crippen LogP contribution < -0.4 is 5.32 Å². The number of nitrogens with one attached hydrogen (secondary N) is 1. The Morgan fingerprint density at radius 2 is 2.11 bits per heavy atom. The number of carbonyl (C=O) groups excluding carboxylic acids is 1. The summed E-state index contributed by atoms with van der Waals surface area (Å²) in [5, 5.41) is 17.1. The van der Waals surface area contributed by atoms with Crippen molar-refractivity contribution in [1.29, 1.82) is 0 Å². The second-order valence-corrected chi connectivity index (χ2v) is 4.44. The van der Waals surface area contributed by atoms with E-state index in [0.717, 1.165) is 6.42 Å². The van der Waals surface area contributed by atoms with E-state index in [1.165, 1.54) is 0 Å². The minimum Gasteiger partial charge on any atom is -0.353 e. The zero-order valence-corrected chi connectivity index (χ0v) is 10.9. The maximum atomic E-state index is 11.8. The molecule has 0 radical (unpaired) electrons. The molecule has 0 aliphatic heterocycles. The second-order valence-electron chi connectivity index (χ2n) is 4.44. The van der Waals surface area contributed by atoms with Crippen molar-refractivity contribution < 1.29 is 14.2 Å². The van der Waals surface area contributed by atoms with Crippen molar-refractivity contribution in [3.63, 3.8) is 0 Å². The van der Waals surface area contributed by atoms with Crippen molar-refractivity contribution in [3.05, 3.63) is 21.6 Å². The molecule has 18 heavy (non-hydrogen) atoms. The first-order chi connectivity index (χ1) is 8.38. The molecule has 1 amide bonds. The van der Waals surface area contributed by atoms with Crippen LogP contribution in [0.2, 0.25) is 0 Å². The summed E-state index contributed by atoms with van der Waals surface area (Å²) in [5.41, 5.74) is -0.602. The highest BCUT2D eigenvalue weighted by Gasteiger charge is 2.33. The average Bonchev–Trinajstić information content (AvgIpc) is 2.73. The predicted octanol–water partition coefficient (Wildman–Crippen LogP) is 2.23. The molecule has 0 unspecified atom stereocenters. The third-order valence-electron chi connectivity index (χ3n) is 2.60. The summed E-state index contributed by atoms with van der Waals surface area (Å²) in [6.45, 7) is 7.20. The lowest BCUT2D eigenvalue weighted by atomic mass is 10.1. The fourth-order valence-electron chi connectivity index (χ4n) is 1.40. The summed E-state index contributed by atoms with van der Waals surface area (Å²) < 4.78 is 4.90. The molecule has 1 aromatic heterocycles. The van der Waals surface area contributed by atoms with Crippen LogP contribution in [0.4, 0.5) is 5.69 Å². The minimum atomic E-state index is -0.628. The van der Waals surface area contributed by atoms with Crippen molar-refractivity contribution in [2.45, 2.75) is 46.1 Å². The van der Waals surface area contributed by atoms with E-state index in [-0.39, 0.29) is 29.1 Å². The van der Waals surface area contributed by atoms with Crippen LogP contribution in [0, 0.1) is 10.1 Å². The largest absolute Gasteiger partial charge is 0.353 e. The first-order valence-electron chi connectivity index (χ1n) is 5.83. The van der Waals surface area contributed by atoms with Crippen LogP contribution in [0.15, 0.2) is 4.52 Å². The van der Waals surface area contributed by atoms with Gasteiger partial charge in [-0.05, 0) is 13.3 Å². The van der Waals surface area contributed by atoms with E-state index in [4.69, 9.17) is 4.52 Å². The number of amides is 1. The van der Waals surface area contributed by atoms with Gasteiger partial charge in [0.25, 0.3) is 5.91 Å². The Labute approximate surface area is 105 Å². The zero-order valence-electron chi connectivity index (χ0n) is 10.9. The van der Waals surface area contributed by atoms with Gasteiger partial charge in [-0.3, -0.25) is 14.9 Å². The van der Waals surface area contributed by atoms with E-state index in [0.29, 0.717) is 0 Å². The molecule has 1 heterocycles. The van der Waals surface area contributed by atoms with Gasteiger partial charge in [-0.25, -0.2) is 0 Å². The highest BCUT2D eigenvalue weighted by molar-refractivity contribution is 5.96. The van der Waals surface area contributed by atoms with Crippen LogP contribution in [0.25, 0.3) is 0 Å². The van der Waals surface area contributed by atoms with Gasteiger partial charge in [0.2, 0.25) is 11.5 Å². The molecule has 0 aromatic carbocycles. The van der Waals surface area contributed by atoms with E-state index in [1.54, 1.807) is 13.8 Å². The van der Waals surface area contributed by atoms with Gasteiger partial charge < -0.3 is 9.84 Å². The van der Waals surface area contributed by atoms with Crippen molar-refractivity contribution in [1.82, 2.24) is 10.5 Å². The third-order valence-corrected chi connectivity index (χ3v) is 2.60. The molecule has 0 bridgehead atoms. The molecular weight excluding hydrogens is 238 g/mol. The Hall–Kier alpha value is -1.92. The number of nitrogens with zero attached hydrogens (tertiary/aromatic N) is 2. The predicted molar refractivity (Wildman–Crippen MR) is 64.5 cm³/mol. The van der Waals surface area contributed by atoms with Crippen LogP contribution in [0.5, 0.6) is 0 Å². The molecule has 7 nitrogen and oxygen atoms in total. The number of rotatable bonds is 5. The summed E-state index contributed by atoms with van der Waals surface area (Å²) in [6, 6.07) is -0.0729. The van der Waals surface area contributed by atoms with E-state index in [1.807, 2.05) is 13.8 Å². The molecule has 0 saturated heterocycles. The smallest absolute Gasteiger partial charge is 0.344 e. The molecule has 0 aliphatic carbocycles. The highest BCUT2D eigenvalue weighted by Crippen LogP contribution is 2.29. The van der Waals surface area contributed by atoms with Gasteiger partial charge in [0.15, 0.2) is 0 Å². The summed E-state index contributed by atoms with van der Waals surface area (Å²) in [7, 11) is 0. The first kappa shape index (κ1) is 14.1. The van der Waals surface area contributed by atoms with Gasteiger partial charge in [0.05, 0.1) is 4.92 Å². The lowest BCUT2D eigenvalue weighted by Crippen LogP contribution is -2.32. The Morgan fingerprint density at radius 1 is 1.50 bits per heavy atom. The topological polar surface area (TPSA) is 98.3 Å². The summed E-state index contributed by atoms with van der Waals surface area (Å²) >= 11 is 0. The molecule has 0 spiro atoms. The summed E-state index contributed by atoms with van der Waals surface area (Å²) in [5.74, 6) is -0.663. The Morgan fingerprint density at radius 3 is 2.56 bits per heavy atom. The molecule has 100 valence electrons. The summed E-state index contributed by atoms with van der Waals surface area (Å²) in [4.78, 5) is 22.2. The second kappa shape index (κ2) is 5.61. The van der Waals surface area contributed by atoms with Gasteiger partial charge in [-0.2, -0.15) is 0 Å². The van der Waals surface area contributed by atoms with Crippen LogP contribution in [0.1, 0.15) is 56.3 Å². The lowest BCUT2D eigenvalue weighted by molar-refractivity contribution is -0.386. The maximum Gasteiger partial charge on any atom is 0.344 e. The van der Waals surface area contributed by atoms with E-state index >= 15 is 0 Å². The van der Waals surface area contributed by atoms with Gasteiger partial charge >= 0.3 is 5.69 Å². The van der Waals surface area contributed by atoms with E-state index in [2.05, 4.69) is 10.5 Å². The molecule has 1 N–H and O–H groups in total. The van der Waals surface area contributed by atoms with Crippen molar-refractivity contribution in [3.8, 4) is 0 Å². The lowest BCUT2D eigenvalue weighted by Gasteiger charge is -2.08. The standard InChI is InChI=1S/C11H17N3O4/c1-5-7(4)12-11(15)8-9(14(16)17)10(6(2)3)18-13-8/h6-7H,5H2,1-4H3,(H,12,15)/t7-/m0/s1. The van der Waals surface area contributed by atoms with Crippen LogP contribution in [0.3, 0.4) is 0 Å². The Balaban J connectivity index is 3.09. The Kier molecular flexibility index (Phi) is 4.41. The van der Waals surface area contributed by atoms with E-state index in [9.17, 15) is 14.9 Å². The van der Waals surface area contributed by atoms with Crippen LogP contribution in [-0.2, 0) is 0 Å². The van der Waals surface area contributed by atoms with Crippen LogP contribution in [-0.4, -0.2) is 22.0 Å². The highest BCUT2D eigenvalue weighted by atomic mass is 16.6. The molecular formula is C11H17N3O4. The molecule has 0 aliphatic rings. The monoisotopic (exact) mass is 255 g/mol. The summed E-state index contributed by atoms with van der Waals surface area (Å²) in [6.07, 6.45) is 0.731. The number of carbonyl (C=O) groups is 1. The number of hydrogen-bond donors (Lipinski definition) is 1. The average molecular weight is 255 g/mol. The molecule has 0 saturated carbocycles. The number of nitro groups is 1. The Bertz CT molecular complexity index is 453. The maximum absolute atomic E-state index is 11.8. The molecule has 1 aromatic rings. The van der Waals surface area contributed by atoms with Gasteiger partial charge in [0.1, 0.15) is 0 Å². The van der Waals surface area contributed by atoms with Gasteiger partial charge in [-0.1, -0.05) is 25.9 Å². The normalized spacial score (nSPS) is 12.5. The minimum absolute atomic E-state index is 0.0729. The van der Waals surface area contributed by atoms with Gasteiger partial charge in [0, 0.05) is 12.0 Å². The fourth-order valence-corrected chi connectivity index (χ4v) is 1.40. The van der Waals surface area contributed by atoms with Crippen molar-refractivity contribution in [2.75, 3.05) is 0 Å². The molecule has 1 rings (SSSR count). The first-order valence-corrected chi connectivity index (χ1v) is 5.83. The van der Waals surface area contributed by atoms with E-state index < -0.39 is 10.8 Å². The fraction of sp³-hybridized carbons (Fsp3) is 0.636. The van der Waals surface area contributed by atoms with Crippen molar-refractivity contribution >= 4 is 11.6 Å². The molecule has 1 atom stereocenters. The number of hydrogen-bond acceptors (Lipinski definition) is 5. The van der Waals surface area contributed by atoms with Crippen LogP contribution >= 0.6 is 0 Å². The van der Waals surface area contributed by atoms with Crippen molar-refractivity contribution in [2.24, 2.45) is 0 Å².